The maximum atomic E-state index is 4.38. The average molecular weight is 220 g/mol. The minimum Gasteiger partial charge on any atom is -0.265 e. The van der Waals surface area contributed by atoms with E-state index in [-0.39, 0.29) is 0 Å². The number of nitrogens with zero attached hydrogens (tertiary/aromatic N) is 4. The number of rotatable bonds is 4. The van der Waals surface area contributed by atoms with Crippen LogP contribution in [0.15, 0.2) is 30.9 Å². The molecule has 2 aromatic rings. The molecule has 0 saturated heterocycles. The first-order valence-corrected chi connectivity index (χ1v) is 6.08. The molecule has 0 aliphatic carbocycles. The van der Waals surface area contributed by atoms with Crippen LogP contribution >= 0.6 is 11.8 Å². The lowest BCUT2D eigenvalue weighted by atomic mass is 10.3. The van der Waals surface area contributed by atoms with Gasteiger partial charge in [0.1, 0.15) is 6.33 Å². The molecule has 15 heavy (non-hydrogen) atoms. The average Bonchev–Trinajstić information content (AvgIpc) is 2.76. The molecule has 5 heteroatoms. The van der Waals surface area contributed by atoms with Gasteiger partial charge < -0.3 is 0 Å². The van der Waals surface area contributed by atoms with Crippen molar-refractivity contribution in [1.29, 1.82) is 0 Å². The van der Waals surface area contributed by atoms with Crippen LogP contribution in [0.3, 0.4) is 0 Å². The summed E-state index contributed by atoms with van der Waals surface area (Å²) in [4.78, 5) is 8.22. The monoisotopic (exact) mass is 220 g/mol. The molecule has 2 heterocycles. The van der Waals surface area contributed by atoms with Crippen LogP contribution in [0.4, 0.5) is 0 Å². The fourth-order valence-electron chi connectivity index (χ4n) is 1.22. The lowest BCUT2D eigenvalue weighted by Gasteiger charge is -1.96. The first-order valence-electron chi connectivity index (χ1n) is 4.69. The molecule has 2 aromatic heterocycles. The van der Waals surface area contributed by atoms with E-state index in [1.807, 2.05) is 16.8 Å². The van der Waals surface area contributed by atoms with Crippen LogP contribution in [-0.2, 0) is 6.54 Å². The van der Waals surface area contributed by atoms with Gasteiger partial charge in [-0.15, -0.1) is 0 Å². The molecule has 0 aliphatic rings. The zero-order valence-electron chi connectivity index (χ0n) is 8.50. The second kappa shape index (κ2) is 4.93. The van der Waals surface area contributed by atoms with Crippen molar-refractivity contribution in [2.45, 2.75) is 6.54 Å². The van der Waals surface area contributed by atoms with Crippen LogP contribution in [0.1, 0.15) is 0 Å². The Morgan fingerprint density at radius 2 is 2.13 bits per heavy atom. The molecule has 0 amide bonds. The summed E-state index contributed by atoms with van der Waals surface area (Å²) in [6.07, 6.45) is 7.35. The quantitative estimate of drug-likeness (QED) is 0.786. The molecular formula is C10H12N4S. The Morgan fingerprint density at radius 3 is 2.87 bits per heavy atom. The molecule has 0 aromatic carbocycles. The van der Waals surface area contributed by atoms with Crippen LogP contribution in [0.25, 0.3) is 11.4 Å². The minimum absolute atomic E-state index is 0.763. The summed E-state index contributed by atoms with van der Waals surface area (Å²) in [7, 11) is 0. The molecule has 2 rings (SSSR count). The molecule has 0 atom stereocenters. The molecule has 0 spiro atoms. The van der Waals surface area contributed by atoms with Gasteiger partial charge in [-0.2, -0.15) is 16.9 Å². The number of hydrogen-bond acceptors (Lipinski definition) is 4. The van der Waals surface area contributed by atoms with Crippen molar-refractivity contribution in [2.24, 2.45) is 0 Å². The predicted molar refractivity (Wildman–Crippen MR) is 61.6 cm³/mol. The van der Waals surface area contributed by atoms with Gasteiger partial charge in [0, 0.05) is 23.7 Å². The van der Waals surface area contributed by atoms with E-state index >= 15 is 0 Å². The topological polar surface area (TPSA) is 43.6 Å². The van der Waals surface area contributed by atoms with Crippen LogP contribution < -0.4 is 0 Å². The third kappa shape index (κ3) is 2.56. The third-order valence-electron chi connectivity index (χ3n) is 2.00. The van der Waals surface area contributed by atoms with Crippen molar-refractivity contribution in [3.63, 3.8) is 0 Å². The number of aromatic nitrogens is 4. The van der Waals surface area contributed by atoms with Gasteiger partial charge in [0.05, 0.1) is 6.54 Å². The smallest absolute Gasteiger partial charge is 0.181 e. The van der Waals surface area contributed by atoms with Crippen LogP contribution in [0.2, 0.25) is 0 Å². The number of pyridine rings is 1. The molecule has 78 valence electrons. The lowest BCUT2D eigenvalue weighted by Crippen LogP contribution is -2.00. The van der Waals surface area contributed by atoms with Crippen LogP contribution in [-0.4, -0.2) is 31.8 Å². The highest BCUT2D eigenvalue weighted by molar-refractivity contribution is 7.98. The van der Waals surface area contributed by atoms with Crippen LogP contribution in [0, 0.1) is 0 Å². The van der Waals surface area contributed by atoms with Crippen LogP contribution in [0.5, 0.6) is 0 Å². The molecular weight excluding hydrogens is 208 g/mol. The molecule has 0 saturated carbocycles. The maximum absolute atomic E-state index is 4.38. The molecule has 0 unspecified atom stereocenters. The van der Waals surface area contributed by atoms with Gasteiger partial charge in [-0.1, -0.05) is 0 Å². The summed E-state index contributed by atoms with van der Waals surface area (Å²) >= 11 is 1.80. The minimum atomic E-state index is 0.763. The summed E-state index contributed by atoms with van der Waals surface area (Å²) in [5, 5.41) is 4.38. The van der Waals surface area contributed by atoms with Gasteiger partial charge in [-0.3, -0.25) is 9.67 Å². The van der Waals surface area contributed by atoms with E-state index in [4.69, 9.17) is 0 Å². The summed E-state index contributed by atoms with van der Waals surface area (Å²) < 4.78 is 1.87. The predicted octanol–water partition coefficient (Wildman–Crippen LogP) is 1.70. The molecule has 0 N–H and O–H groups in total. The number of thioether (sulfide) groups is 1. The molecule has 0 fully saturated rings. The number of aryl methyl sites for hydroxylation is 1. The Balaban J connectivity index is 2.14. The maximum Gasteiger partial charge on any atom is 0.181 e. The van der Waals surface area contributed by atoms with E-state index in [2.05, 4.69) is 21.3 Å². The summed E-state index contributed by atoms with van der Waals surface area (Å²) in [5.41, 5.74) is 1.01. The Hall–Kier alpha value is -1.36. The lowest BCUT2D eigenvalue weighted by molar-refractivity contribution is 0.666. The molecule has 0 radical (unpaired) electrons. The summed E-state index contributed by atoms with van der Waals surface area (Å²) in [6, 6.07) is 3.82. The molecule has 0 aliphatic heterocycles. The zero-order chi connectivity index (χ0) is 10.5. The van der Waals surface area contributed by atoms with Gasteiger partial charge in [-0.25, -0.2) is 4.98 Å². The van der Waals surface area contributed by atoms with E-state index in [0.717, 1.165) is 23.7 Å². The van der Waals surface area contributed by atoms with Crippen molar-refractivity contribution < 1.29 is 0 Å². The largest absolute Gasteiger partial charge is 0.265 e. The van der Waals surface area contributed by atoms with Crippen molar-refractivity contribution in [3.05, 3.63) is 30.9 Å². The number of hydrogen-bond donors (Lipinski definition) is 0. The molecule has 0 bridgehead atoms. The van der Waals surface area contributed by atoms with Gasteiger partial charge in [0.25, 0.3) is 0 Å². The Bertz CT molecular complexity index is 412. The normalized spacial score (nSPS) is 10.5. The fraction of sp³-hybridized carbons (Fsp3) is 0.300. The van der Waals surface area contributed by atoms with Crippen molar-refractivity contribution in [3.8, 4) is 11.4 Å². The van der Waals surface area contributed by atoms with Gasteiger partial charge in [0.15, 0.2) is 5.82 Å². The first-order chi connectivity index (χ1) is 7.40. The highest BCUT2D eigenvalue weighted by Gasteiger charge is 2.02. The Labute approximate surface area is 92.8 Å². The van der Waals surface area contributed by atoms with E-state index < -0.39 is 0 Å². The van der Waals surface area contributed by atoms with Gasteiger partial charge in [0.2, 0.25) is 0 Å². The van der Waals surface area contributed by atoms with Gasteiger partial charge in [-0.05, 0) is 18.4 Å². The summed E-state index contributed by atoms with van der Waals surface area (Å²) in [5.74, 6) is 1.82. The fourth-order valence-corrected chi connectivity index (χ4v) is 1.59. The first kappa shape index (κ1) is 10.2. The summed E-state index contributed by atoms with van der Waals surface area (Å²) in [6.45, 7) is 0.902. The van der Waals surface area contributed by atoms with E-state index in [9.17, 15) is 0 Å². The Kier molecular flexibility index (Phi) is 3.34. The zero-order valence-corrected chi connectivity index (χ0v) is 9.31. The van der Waals surface area contributed by atoms with Crippen molar-refractivity contribution in [1.82, 2.24) is 19.7 Å². The SMILES string of the molecule is CSCCn1cnc(-c2ccncc2)n1. The van der Waals surface area contributed by atoms with E-state index in [1.165, 1.54) is 0 Å². The van der Waals surface area contributed by atoms with Gasteiger partial charge >= 0.3 is 0 Å². The third-order valence-corrected chi connectivity index (χ3v) is 2.59. The second-order valence-corrected chi connectivity index (χ2v) is 4.05. The second-order valence-electron chi connectivity index (χ2n) is 3.06. The molecule has 4 nitrogen and oxygen atoms in total. The van der Waals surface area contributed by atoms with E-state index in [0.29, 0.717) is 0 Å². The highest BCUT2D eigenvalue weighted by atomic mass is 32.2. The highest BCUT2D eigenvalue weighted by Crippen LogP contribution is 2.11. The Morgan fingerprint density at radius 1 is 1.33 bits per heavy atom. The van der Waals surface area contributed by atoms with Crippen molar-refractivity contribution in [2.75, 3.05) is 12.0 Å². The standard InChI is InChI=1S/C10H12N4S/c1-15-7-6-14-8-12-10(13-14)9-2-4-11-5-3-9/h2-5,8H,6-7H2,1H3. The van der Waals surface area contributed by atoms with Crippen molar-refractivity contribution >= 4 is 11.8 Å². The van der Waals surface area contributed by atoms with E-state index in [1.54, 1.807) is 30.5 Å².